The average molecular weight is 615 g/mol. The molecule has 3 aromatic rings. The number of amides is 3. The highest BCUT2D eigenvalue weighted by molar-refractivity contribution is 6.20. The number of rotatable bonds is 4. The Morgan fingerprint density at radius 3 is 2.24 bits per heavy atom. The quantitative estimate of drug-likeness (QED) is 0.170. The van der Waals surface area contributed by atoms with E-state index in [1.54, 1.807) is 44.1 Å². The number of aromatic hydroxyl groups is 1. The second-order valence-electron chi connectivity index (χ2n) is 12.2. The van der Waals surface area contributed by atoms with Gasteiger partial charge < -0.3 is 41.7 Å². The third kappa shape index (κ3) is 4.55. The molecule has 45 heavy (non-hydrogen) atoms. The van der Waals surface area contributed by atoms with Gasteiger partial charge in [0.1, 0.15) is 17.4 Å². The average Bonchev–Trinajstić information content (AvgIpc) is 2.98. The van der Waals surface area contributed by atoms with Crippen molar-refractivity contribution < 1.29 is 39.6 Å². The van der Waals surface area contributed by atoms with Crippen LogP contribution < -0.4 is 16.4 Å². The number of ketones is 2. The molecule has 8 atom stereocenters. The van der Waals surface area contributed by atoms with Crippen molar-refractivity contribution in [2.24, 2.45) is 29.4 Å². The number of nitrogens with zero attached hydrogens (tertiary/aromatic N) is 1. The molecule has 12 nitrogen and oxygen atoms in total. The number of fused-ring (bicyclic) bond motifs is 4. The summed E-state index contributed by atoms with van der Waals surface area (Å²) in [4.78, 5) is 54.4. The highest BCUT2D eigenvalue weighted by Crippen LogP contribution is 2.55. The van der Waals surface area contributed by atoms with Crippen molar-refractivity contribution in [3.05, 3.63) is 71.3 Å². The molecule has 234 valence electrons. The molecule has 0 radical (unpaired) electrons. The molecule has 0 heterocycles. The third-order valence-corrected chi connectivity index (χ3v) is 9.65. The number of urea groups is 1. The van der Waals surface area contributed by atoms with Crippen LogP contribution in [0.2, 0.25) is 0 Å². The summed E-state index contributed by atoms with van der Waals surface area (Å²) >= 11 is 0. The Hall–Kier alpha value is -4.78. The van der Waals surface area contributed by atoms with Crippen molar-refractivity contribution in [3.63, 3.8) is 0 Å². The lowest BCUT2D eigenvalue weighted by atomic mass is 9.54. The van der Waals surface area contributed by atoms with Crippen molar-refractivity contribution in [2.45, 2.75) is 31.1 Å². The fourth-order valence-corrected chi connectivity index (χ4v) is 7.67. The number of likely N-dealkylation sites (N-methyl/N-ethyl adjacent to an activating group) is 1. The summed E-state index contributed by atoms with van der Waals surface area (Å²) in [6.45, 7) is 1.71. The zero-order valence-electron chi connectivity index (χ0n) is 24.8. The predicted molar refractivity (Wildman–Crippen MR) is 165 cm³/mol. The molecule has 2 saturated carbocycles. The monoisotopic (exact) mass is 614 g/mol. The van der Waals surface area contributed by atoms with Gasteiger partial charge in [-0.05, 0) is 43.1 Å². The van der Waals surface area contributed by atoms with E-state index in [0.29, 0.717) is 11.3 Å². The van der Waals surface area contributed by atoms with Crippen LogP contribution >= 0.6 is 0 Å². The van der Waals surface area contributed by atoms with Gasteiger partial charge in [-0.25, -0.2) is 4.79 Å². The lowest BCUT2D eigenvalue weighted by molar-refractivity contribution is -0.166. The van der Waals surface area contributed by atoms with Crippen molar-refractivity contribution in [1.29, 1.82) is 0 Å². The van der Waals surface area contributed by atoms with Gasteiger partial charge in [-0.3, -0.25) is 14.4 Å². The molecule has 2 fully saturated rings. The Morgan fingerprint density at radius 2 is 1.56 bits per heavy atom. The fraction of sp³-hybridized carbons (Fsp3) is 0.333. The van der Waals surface area contributed by atoms with E-state index in [-0.39, 0.29) is 16.8 Å². The van der Waals surface area contributed by atoms with Crippen molar-refractivity contribution in [3.8, 4) is 5.75 Å². The number of aliphatic hydroxyl groups is 3. The molecule has 3 aliphatic rings. The number of hydrogen-bond acceptors (Lipinski definition) is 9. The maximum atomic E-state index is 14.1. The molecule has 0 spiro atoms. The number of primary amides is 1. The molecule has 0 bridgehead atoms. The van der Waals surface area contributed by atoms with Crippen molar-refractivity contribution in [1.82, 2.24) is 4.90 Å². The first kappa shape index (κ1) is 30.3. The van der Waals surface area contributed by atoms with Crippen molar-refractivity contribution in [2.75, 3.05) is 24.7 Å². The first-order chi connectivity index (χ1) is 21.3. The Labute approximate surface area is 258 Å². The Bertz CT molecular complexity index is 1800. The molecular weight excluding hydrogens is 580 g/mol. The van der Waals surface area contributed by atoms with Crippen LogP contribution in [0.5, 0.6) is 5.75 Å². The van der Waals surface area contributed by atoms with Gasteiger partial charge in [0.15, 0.2) is 11.6 Å². The number of carbonyl (C=O) groups excluding carboxylic acids is 4. The molecule has 3 amide bonds. The van der Waals surface area contributed by atoms with Crippen LogP contribution in [0.3, 0.4) is 0 Å². The predicted octanol–water partition coefficient (Wildman–Crippen LogP) is 2.34. The van der Waals surface area contributed by atoms with Gasteiger partial charge in [0.05, 0.1) is 35.1 Å². The van der Waals surface area contributed by atoms with Gasteiger partial charge in [0.25, 0.3) is 0 Å². The normalized spacial score (nSPS) is 29.2. The van der Waals surface area contributed by atoms with E-state index < -0.39 is 82.9 Å². The summed E-state index contributed by atoms with van der Waals surface area (Å²) in [6.07, 6.45) is -2.95. The van der Waals surface area contributed by atoms with E-state index in [1.165, 1.54) is 6.07 Å². The van der Waals surface area contributed by atoms with E-state index >= 15 is 0 Å². The fourth-order valence-electron chi connectivity index (χ4n) is 7.67. The lowest BCUT2D eigenvalue weighted by Gasteiger charge is -2.53. The number of phenols is 1. The van der Waals surface area contributed by atoms with E-state index in [0.717, 1.165) is 10.8 Å². The first-order valence-corrected chi connectivity index (χ1v) is 14.6. The SMILES string of the molecule is C[C@H]1c2ccc(NC(=O)Nc3cccc4ccccc34)c(O)c2C(O)=C2C(=O)C3C(=O)C(C(N)=O)C(O)[C@@H](N(C)C)C3[C@@H](O)C21. The smallest absolute Gasteiger partial charge is 0.323 e. The Kier molecular flexibility index (Phi) is 7.39. The summed E-state index contributed by atoms with van der Waals surface area (Å²) in [6, 6.07) is 14.3. The van der Waals surface area contributed by atoms with Gasteiger partial charge in [-0.1, -0.05) is 49.4 Å². The van der Waals surface area contributed by atoms with Crippen molar-refractivity contribution >= 4 is 51.4 Å². The number of hydrogen-bond donors (Lipinski definition) is 7. The number of nitrogens with one attached hydrogen (secondary N) is 2. The van der Waals surface area contributed by atoms with E-state index in [1.807, 2.05) is 30.3 Å². The molecule has 6 rings (SSSR count). The number of Topliss-reactive ketones (excluding diaryl/α,β-unsaturated/α-hetero) is 2. The van der Waals surface area contributed by atoms with E-state index in [9.17, 15) is 39.6 Å². The third-order valence-electron chi connectivity index (χ3n) is 9.65. The van der Waals surface area contributed by atoms with Crippen LogP contribution in [0.25, 0.3) is 16.5 Å². The Morgan fingerprint density at radius 1 is 0.889 bits per heavy atom. The minimum atomic E-state index is -1.69. The second kappa shape index (κ2) is 11.0. The molecule has 0 aliphatic heterocycles. The highest BCUT2D eigenvalue weighted by Gasteiger charge is 2.63. The summed E-state index contributed by atoms with van der Waals surface area (Å²) in [5.74, 6) is -9.96. The standard InChI is InChI=1S/C33H34N4O8/c1-13-15-11-12-18(36-33(45)35-17-10-6-8-14-7-4-5-9-16(14)17)26(38)20(15)28(40)22-19(13)27(39)21-23(29(22)41)30(42)24(32(34)44)31(43)25(21)37(2)3/h4-13,19,21,23-25,27,31,38-40,43H,1-3H3,(H2,34,44)(H2,35,36,45)/t13-,19?,21?,23?,24?,25-,27-,31?/m0/s1. The zero-order chi connectivity index (χ0) is 32.5. The number of nitrogens with two attached hydrogens (primary N) is 1. The zero-order valence-corrected chi connectivity index (χ0v) is 24.8. The molecule has 0 aromatic heterocycles. The minimum Gasteiger partial charge on any atom is -0.507 e. The van der Waals surface area contributed by atoms with Crippen LogP contribution in [-0.4, -0.2) is 81.2 Å². The van der Waals surface area contributed by atoms with Crippen LogP contribution in [0.4, 0.5) is 16.2 Å². The maximum Gasteiger partial charge on any atom is 0.323 e. The van der Waals surface area contributed by atoms with Gasteiger partial charge in [0, 0.05) is 28.8 Å². The van der Waals surface area contributed by atoms with Crippen LogP contribution in [0.15, 0.2) is 60.2 Å². The van der Waals surface area contributed by atoms with Gasteiger partial charge >= 0.3 is 6.03 Å². The summed E-state index contributed by atoms with van der Waals surface area (Å²) < 4.78 is 0. The molecular formula is C33H34N4O8. The molecule has 3 aromatic carbocycles. The van der Waals surface area contributed by atoms with Gasteiger partial charge in [0.2, 0.25) is 5.91 Å². The van der Waals surface area contributed by atoms with E-state index in [2.05, 4.69) is 10.6 Å². The molecule has 3 aliphatic carbocycles. The number of aliphatic hydroxyl groups excluding tert-OH is 3. The Balaban J connectivity index is 1.38. The first-order valence-electron chi connectivity index (χ1n) is 14.6. The summed E-state index contributed by atoms with van der Waals surface area (Å²) in [7, 11) is 3.20. The molecule has 5 unspecified atom stereocenters. The van der Waals surface area contributed by atoms with Gasteiger partial charge in [-0.2, -0.15) is 0 Å². The largest absolute Gasteiger partial charge is 0.507 e. The number of benzene rings is 3. The minimum absolute atomic E-state index is 0.0516. The molecule has 12 heteroatoms. The second-order valence-corrected chi connectivity index (χ2v) is 12.2. The molecule has 8 N–H and O–H groups in total. The van der Waals surface area contributed by atoms with Crippen LogP contribution in [-0.2, 0) is 14.4 Å². The highest BCUT2D eigenvalue weighted by atomic mass is 16.3. The van der Waals surface area contributed by atoms with Gasteiger partial charge in [-0.15, -0.1) is 0 Å². The maximum absolute atomic E-state index is 14.1. The number of anilines is 2. The summed E-state index contributed by atoms with van der Waals surface area (Å²) in [5, 5.41) is 52.7. The van der Waals surface area contributed by atoms with Crippen LogP contribution in [0, 0.1) is 23.7 Å². The van der Waals surface area contributed by atoms with E-state index in [4.69, 9.17) is 5.73 Å². The van der Waals surface area contributed by atoms with Crippen LogP contribution in [0.1, 0.15) is 24.0 Å². The topological polar surface area (TPSA) is 203 Å². The number of carbonyl (C=O) groups is 4. The summed E-state index contributed by atoms with van der Waals surface area (Å²) in [5.41, 5.74) is 5.97. The lowest BCUT2D eigenvalue weighted by Crippen LogP contribution is -2.68. The number of phenolic OH excluding ortho intramolecular Hbond substituents is 1. The molecule has 0 saturated heterocycles.